The number of anilines is 1. The predicted molar refractivity (Wildman–Crippen MR) is 60.1 cm³/mol. The maximum absolute atomic E-state index is 11.6. The molecule has 0 aromatic carbocycles. The molecule has 2 heterocycles. The van der Waals surface area contributed by atoms with Crippen molar-refractivity contribution < 1.29 is 4.74 Å². The number of nitrogens with one attached hydrogen (secondary N) is 1. The Kier molecular flexibility index (Phi) is 2.97. The van der Waals surface area contributed by atoms with Gasteiger partial charge in [-0.3, -0.25) is 4.57 Å². The van der Waals surface area contributed by atoms with E-state index >= 15 is 0 Å². The molecule has 1 N–H and O–H groups in total. The molecular formula is C9H13N3O2S. The van der Waals surface area contributed by atoms with Gasteiger partial charge in [-0.1, -0.05) is 0 Å². The van der Waals surface area contributed by atoms with Crippen LogP contribution >= 0.6 is 11.8 Å². The SMILES string of the molecule is CNc1ccn(C2CS[C@H](C)O2)c(=O)n1. The second-order valence-corrected chi connectivity index (χ2v) is 4.57. The smallest absolute Gasteiger partial charge is 0.351 e. The van der Waals surface area contributed by atoms with Gasteiger partial charge >= 0.3 is 5.69 Å². The van der Waals surface area contributed by atoms with Gasteiger partial charge in [0.25, 0.3) is 0 Å². The Labute approximate surface area is 91.8 Å². The molecule has 0 bridgehead atoms. The van der Waals surface area contributed by atoms with Crippen LogP contribution in [-0.4, -0.2) is 27.8 Å². The molecule has 0 amide bonds. The molecular weight excluding hydrogens is 214 g/mol. The number of thioether (sulfide) groups is 1. The Morgan fingerprint density at radius 1 is 1.73 bits per heavy atom. The van der Waals surface area contributed by atoms with Crippen LogP contribution in [0.3, 0.4) is 0 Å². The summed E-state index contributed by atoms with van der Waals surface area (Å²) in [6, 6.07) is 1.76. The van der Waals surface area contributed by atoms with E-state index in [0.717, 1.165) is 5.75 Å². The van der Waals surface area contributed by atoms with Crippen LogP contribution in [0, 0.1) is 0 Å². The zero-order valence-electron chi connectivity index (χ0n) is 8.64. The number of ether oxygens (including phenoxy) is 1. The van der Waals surface area contributed by atoms with Gasteiger partial charge in [-0.25, -0.2) is 4.79 Å². The lowest BCUT2D eigenvalue weighted by Crippen LogP contribution is -2.28. The third kappa shape index (κ3) is 2.15. The molecule has 0 aliphatic carbocycles. The first-order valence-electron chi connectivity index (χ1n) is 4.74. The summed E-state index contributed by atoms with van der Waals surface area (Å²) in [7, 11) is 1.73. The first-order chi connectivity index (χ1) is 7.20. The van der Waals surface area contributed by atoms with E-state index in [1.54, 1.807) is 31.1 Å². The van der Waals surface area contributed by atoms with Crippen LogP contribution in [0.4, 0.5) is 5.82 Å². The van der Waals surface area contributed by atoms with Crippen molar-refractivity contribution in [3.05, 3.63) is 22.7 Å². The van der Waals surface area contributed by atoms with Crippen molar-refractivity contribution in [3.63, 3.8) is 0 Å². The van der Waals surface area contributed by atoms with Crippen molar-refractivity contribution in [2.45, 2.75) is 18.6 Å². The standard InChI is InChI=1S/C9H13N3O2S/c1-6-14-8(5-15-6)12-4-3-7(10-2)11-9(12)13/h3-4,6,8H,5H2,1-2H3,(H,10,11,13)/t6-,8?/m1/s1. The Morgan fingerprint density at radius 2 is 2.53 bits per heavy atom. The summed E-state index contributed by atoms with van der Waals surface area (Å²) in [6.45, 7) is 1.98. The van der Waals surface area contributed by atoms with Crippen LogP contribution in [-0.2, 0) is 4.74 Å². The summed E-state index contributed by atoms with van der Waals surface area (Å²) < 4.78 is 7.09. The minimum atomic E-state index is -0.276. The van der Waals surface area contributed by atoms with Gasteiger partial charge in [0.2, 0.25) is 0 Å². The van der Waals surface area contributed by atoms with Gasteiger partial charge in [-0.2, -0.15) is 4.98 Å². The molecule has 6 heteroatoms. The summed E-state index contributed by atoms with van der Waals surface area (Å²) in [5.41, 5.74) is -0.132. The van der Waals surface area contributed by atoms with E-state index in [0.29, 0.717) is 5.82 Å². The molecule has 0 radical (unpaired) electrons. The highest BCUT2D eigenvalue weighted by molar-refractivity contribution is 7.99. The van der Waals surface area contributed by atoms with Crippen molar-refractivity contribution in [3.8, 4) is 0 Å². The minimum Gasteiger partial charge on any atom is -0.373 e. The van der Waals surface area contributed by atoms with Crippen LogP contribution in [0.2, 0.25) is 0 Å². The molecule has 15 heavy (non-hydrogen) atoms. The van der Waals surface area contributed by atoms with Crippen LogP contribution in [0.5, 0.6) is 0 Å². The molecule has 2 atom stereocenters. The van der Waals surface area contributed by atoms with Crippen molar-refractivity contribution in [1.29, 1.82) is 0 Å². The fourth-order valence-corrected chi connectivity index (χ4v) is 2.32. The zero-order chi connectivity index (χ0) is 10.8. The summed E-state index contributed by atoms with van der Waals surface area (Å²) in [4.78, 5) is 15.5. The second-order valence-electron chi connectivity index (χ2n) is 3.24. The predicted octanol–water partition coefficient (Wildman–Crippen LogP) is 0.893. The third-order valence-electron chi connectivity index (χ3n) is 2.22. The van der Waals surface area contributed by atoms with Crippen LogP contribution < -0.4 is 11.0 Å². The quantitative estimate of drug-likeness (QED) is 0.813. The average Bonchev–Trinajstić information content (AvgIpc) is 2.64. The number of hydrogen-bond acceptors (Lipinski definition) is 5. The molecule has 1 aliphatic rings. The Hall–Kier alpha value is -1.01. The normalized spacial score (nSPS) is 25.5. The van der Waals surface area contributed by atoms with Gasteiger partial charge in [-0.05, 0) is 13.0 Å². The first-order valence-corrected chi connectivity index (χ1v) is 5.79. The Bertz CT molecular complexity index is 407. The highest BCUT2D eigenvalue weighted by Crippen LogP contribution is 2.30. The van der Waals surface area contributed by atoms with Gasteiger partial charge in [0.15, 0.2) is 0 Å². The molecule has 0 spiro atoms. The molecule has 1 fully saturated rings. The summed E-state index contributed by atoms with van der Waals surface area (Å²) >= 11 is 1.69. The summed E-state index contributed by atoms with van der Waals surface area (Å²) in [5, 5.41) is 2.82. The number of aromatic nitrogens is 2. The first kappa shape index (κ1) is 10.5. The van der Waals surface area contributed by atoms with Gasteiger partial charge in [0.1, 0.15) is 17.5 Å². The lowest BCUT2D eigenvalue weighted by Gasteiger charge is -2.12. The Balaban J connectivity index is 2.26. The van der Waals surface area contributed by atoms with E-state index < -0.39 is 0 Å². The number of nitrogens with zero attached hydrogens (tertiary/aromatic N) is 2. The zero-order valence-corrected chi connectivity index (χ0v) is 9.45. The fraction of sp³-hybridized carbons (Fsp3) is 0.556. The van der Waals surface area contributed by atoms with E-state index in [1.165, 1.54) is 4.57 Å². The van der Waals surface area contributed by atoms with E-state index in [1.807, 2.05) is 6.92 Å². The molecule has 5 nitrogen and oxygen atoms in total. The van der Waals surface area contributed by atoms with Gasteiger partial charge in [0.05, 0.1) is 0 Å². The van der Waals surface area contributed by atoms with E-state index in [4.69, 9.17) is 4.74 Å². The molecule has 2 rings (SSSR count). The van der Waals surface area contributed by atoms with Crippen molar-refractivity contribution in [1.82, 2.24) is 9.55 Å². The largest absolute Gasteiger partial charge is 0.373 e. The lowest BCUT2D eigenvalue weighted by molar-refractivity contribution is 0.0236. The van der Waals surface area contributed by atoms with Crippen LogP contribution in [0.15, 0.2) is 17.1 Å². The highest BCUT2D eigenvalue weighted by atomic mass is 32.2. The van der Waals surface area contributed by atoms with Gasteiger partial charge < -0.3 is 10.1 Å². The third-order valence-corrected chi connectivity index (χ3v) is 3.28. The molecule has 1 saturated heterocycles. The van der Waals surface area contributed by atoms with Gasteiger partial charge in [-0.15, -0.1) is 11.8 Å². The monoisotopic (exact) mass is 227 g/mol. The molecule has 0 saturated carbocycles. The molecule has 1 aliphatic heterocycles. The van der Waals surface area contributed by atoms with Gasteiger partial charge in [0, 0.05) is 19.0 Å². The molecule has 1 aromatic heterocycles. The molecule has 1 unspecified atom stereocenters. The molecule has 82 valence electrons. The van der Waals surface area contributed by atoms with Crippen LogP contribution in [0.1, 0.15) is 13.2 Å². The van der Waals surface area contributed by atoms with E-state index in [-0.39, 0.29) is 17.4 Å². The van der Waals surface area contributed by atoms with Crippen molar-refractivity contribution in [2.24, 2.45) is 0 Å². The van der Waals surface area contributed by atoms with E-state index in [9.17, 15) is 4.79 Å². The minimum absolute atomic E-state index is 0.144. The summed E-state index contributed by atoms with van der Waals surface area (Å²) in [6.07, 6.45) is 1.53. The maximum atomic E-state index is 11.6. The van der Waals surface area contributed by atoms with Crippen molar-refractivity contribution >= 4 is 17.6 Å². The topological polar surface area (TPSA) is 56.2 Å². The van der Waals surface area contributed by atoms with Crippen molar-refractivity contribution in [2.75, 3.05) is 18.1 Å². The average molecular weight is 227 g/mol. The highest BCUT2D eigenvalue weighted by Gasteiger charge is 2.24. The number of rotatable bonds is 2. The fourth-order valence-electron chi connectivity index (χ4n) is 1.43. The lowest BCUT2D eigenvalue weighted by atomic mass is 10.5. The maximum Gasteiger partial charge on any atom is 0.351 e. The summed E-state index contributed by atoms with van der Waals surface area (Å²) in [5.74, 6) is 1.37. The molecule has 1 aromatic rings. The van der Waals surface area contributed by atoms with E-state index in [2.05, 4.69) is 10.3 Å². The number of hydrogen-bond donors (Lipinski definition) is 1. The Morgan fingerprint density at radius 3 is 3.07 bits per heavy atom. The second kappa shape index (κ2) is 4.24. The van der Waals surface area contributed by atoms with Crippen LogP contribution in [0.25, 0.3) is 0 Å².